The molecule has 0 bridgehead atoms. The average Bonchev–Trinajstić information content (AvgIpc) is 3.02. The number of aromatic nitrogens is 4. The first-order chi connectivity index (χ1) is 9.29. The SMILES string of the molecule is CCCCc1ncc(-c2nc3ccccc3n2C)[nH]1. The third-order valence-electron chi connectivity index (χ3n) is 3.42. The Morgan fingerprint density at radius 2 is 2.11 bits per heavy atom. The van der Waals surface area contributed by atoms with Gasteiger partial charge in [0.2, 0.25) is 0 Å². The quantitative estimate of drug-likeness (QED) is 0.776. The first kappa shape index (κ1) is 12.0. The van der Waals surface area contributed by atoms with Crippen LogP contribution in [-0.2, 0) is 13.5 Å². The van der Waals surface area contributed by atoms with Gasteiger partial charge in [-0.05, 0) is 18.6 Å². The summed E-state index contributed by atoms with van der Waals surface area (Å²) in [6, 6.07) is 8.17. The van der Waals surface area contributed by atoms with Gasteiger partial charge in [-0.2, -0.15) is 0 Å². The van der Waals surface area contributed by atoms with E-state index >= 15 is 0 Å². The van der Waals surface area contributed by atoms with Crippen molar-refractivity contribution in [3.63, 3.8) is 0 Å². The van der Waals surface area contributed by atoms with Crippen LogP contribution >= 0.6 is 0 Å². The maximum Gasteiger partial charge on any atom is 0.159 e. The lowest BCUT2D eigenvalue weighted by atomic mass is 10.2. The van der Waals surface area contributed by atoms with E-state index in [1.54, 1.807) is 0 Å². The maximum absolute atomic E-state index is 4.67. The van der Waals surface area contributed by atoms with Crippen molar-refractivity contribution in [3.8, 4) is 11.5 Å². The lowest BCUT2D eigenvalue weighted by Gasteiger charge is -1.99. The second-order valence-electron chi connectivity index (χ2n) is 4.83. The number of nitrogens with one attached hydrogen (secondary N) is 1. The third kappa shape index (κ3) is 2.14. The van der Waals surface area contributed by atoms with Gasteiger partial charge in [0, 0.05) is 13.5 Å². The summed E-state index contributed by atoms with van der Waals surface area (Å²) in [5.74, 6) is 1.99. The Balaban J connectivity index is 1.99. The molecule has 4 nitrogen and oxygen atoms in total. The van der Waals surface area contributed by atoms with Crippen molar-refractivity contribution in [2.24, 2.45) is 7.05 Å². The number of fused-ring (bicyclic) bond motifs is 1. The van der Waals surface area contributed by atoms with Crippen molar-refractivity contribution in [1.82, 2.24) is 19.5 Å². The number of imidazole rings is 2. The van der Waals surface area contributed by atoms with Crippen LogP contribution in [0, 0.1) is 0 Å². The molecule has 0 spiro atoms. The minimum Gasteiger partial charge on any atom is -0.339 e. The molecule has 0 aliphatic rings. The summed E-state index contributed by atoms with van der Waals surface area (Å²) in [4.78, 5) is 12.5. The van der Waals surface area contributed by atoms with E-state index in [2.05, 4.69) is 32.5 Å². The van der Waals surface area contributed by atoms with Crippen LogP contribution < -0.4 is 0 Å². The van der Waals surface area contributed by atoms with Crippen LogP contribution in [0.3, 0.4) is 0 Å². The molecular formula is C15H18N4. The van der Waals surface area contributed by atoms with Crippen LogP contribution in [-0.4, -0.2) is 19.5 Å². The number of unbranched alkanes of at least 4 members (excludes halogenated alkanes) is 1. The number of rotatable bonds is 4. The molecule has 0 aliphatic heterocycles. The third-order valence-corrected chi connectivity index (χ3v) is 3.42. The number of aromatic amines is 1. The summed E-state index contributed by atoms with van der Waals surface area (Å²) in [5.41, 5.74) is 3.15. The Kier molecular flexibility index (Phi) is 3.07. The van der Waals surface area contributed by atoms with E-state index in [1.165, 1.54) is 6.42 Å². The molecule has 0 radical (unpaired) electrons. The van der Waals surface area contributed by atoms with Gasteiger partial charge in [-0.25, -0.2) is 9.97 Å². The molecule has 98 valence electrons. The molecule has 2 heterocycles. The van der Waals surface area contributed by atoms with Crippen molar-refractivity contribution in [2.45, 2.75) is 26.2 Å². The molecule has 0 saturated carbocycles. The van der Waals surface area contributed by atoms with E-state index in [9.17, 15) is 0 Å². The highest BCUT2D eigenvalue weighted by Crippen LogP contribution is 2.22. The molecule has 2 aromatic heterocycles. The molecular weight excluding hydrogens is 236 g/mol. The molecule has 0 atom stereocenters. The summed E-state index contributed by atoms with van der Waals surface area (Å²) >= 11 is 0. The molecule has 3 aromatic rings. The van der Waals surface area contributed by atoms with Crippen LogP contribution in [0.15, 0.2) is 30.5 Å². The van der Waals surface area contributed by atoms with Gasteiger partial charge in [0.25, 0.3) is 0 Å². The zero-order valence-corrected chi connectivity index (χ0v) is 11.3. The Bertz CT molecular complexity index is 693. The van der Waals surface area contributed by atoms with Gasteiger partial charge in [0.1, 0.15) is 11.5 Å². The molecule has 19 heavy (non-hydrogen) atoms. The average molecular weight is 254 g/mol. The summed E-state index contributed by atoms with van der Waals surface area (Å²) in [7, 11) is 2.04. The highest BCUT2D eigenvalue weighted by Gasteiger charge is 2.11. The molecule has 0 amide bonds. The van der Waals surface area contributed by atoms with Gasteiger partial charge in [-0.3, -0.25) is 0 Å². The second-order valence-corrected chi connectivity index (χ2v) is 4.83. The number of para-hydroxylation sites is 2. The van der Waals surface area contributed by atoms with E-state index in [-0.39, 0.29) is 0 Å². The smallest absolute Gasteiger partial charge is 0.159 e. The summed E-state index contributed by atoms with van der Waals surface area (Å²) in [6.45, 7) is 2.19. The number of aryl methyl sites for hydroxylation is 2. The van der Waals surface area contributed by atoms with E-state index in [1.807, 2.05) is 31.4 Å². The molecule has 0 unspecified atom stereocenters. The van der Waals surface area contributed by atoms with Gasteiger partial charge in [-0.1, -0.05) is 25.5 Å². The maximum atomic E-state index is 4.67. The number of benzene rings is 1. The fraction of sp³-hybridized carbons (Fsp3) is 0.333. The molecule has 3 rings (SSSR count). The van der Waals surface area contributed by atoms with Gasteiger partial charge in [0.05, 0.1) is 17.2 Å². The van der Waals surface area contributed by atoms with Gasteiger partial charge >= 0.3 is 0 Å². The number of hydrogen-bond acceptors (Lipinski definition) is 2. The molecule has 0 saturated heterocycles. The second kappa shape index (κ2) is 4.88. The minimum atomic E-state index is 0.941. The van der Waals surface area contributed by atoms with Crippen LogP contribution in [0.5, 0.6) is 0 Å². The highest BCUT2D eigenvalue weighted by molar-refractivity contribution is 5.79. The van der Waals surface area contributed by atoms with E-state index < -0.39 is 0 Å². The lowest BCUT2D eigenvalue weighted by molar-refractivity contribution is 0.762. The summed E-state index contributed by atoms with van der Waals surface area (Å²) in [5, 5.41) is 0. The van der Waals surface area contributed by atoms with Crippen LogP contribution in [0.2, 0.25) is 0 Å². The highest BCUT2D eigenvalue weighted by atomic mass is 15.1. The Morgan fingerprint density at radius 1 is 1.26 bits per heavy atom. The fourth-order valence-corrected chi connectivity index (χ4v) is 2.33. The number of H-pyrrole nitrogens is 1. The molecule has 4 heteroatoms. The minimum absolute atomic E-state index is 0.941. The van der Waals surface area contributed by atoms with Crippen molar-refractivity contribution in [1.29, 1.82) is 0 Å². The van der Waals surface area contributed by atoms with E-state index in [4.69, 9.17) is 0 Å². The number of hydrogen-bond donors (Lipinski definition) is 1. The van der Waals surface area contributed by atoms with Gasteiger partial charge < -0.3 is 9.55 Å². The standard InChI is InChI=1S/C15H18N4/c1-3-4-9-14-16-10-12(17-14)15-18-11-7-5-6-8-13(11)19(15)2/h5-8,10H,3-4,9H2,1-2H3,(H,16,17). The fourth-order valence-electron chi connectivity index (χ4n) is 2.33. The van der Waals surface area contributed by atoms with Crippen molar-refractivity contribution < 1.29 is 0 Å². The molecule has 1 aromatic carbocycles. The van der Waals surface area contributed by atoms with Gasteiger partial charge in [0.15, 0.2) is 5.82 Å². The van der Waals surface area contributed by atoms with Crippen molar-refractivity contribution >= 4 is 11.0 Å². The normalized spacial score (nSPS) is 11.3. The Labute approximate surface area is 112 Å². The zero-order chi connectivity index (χ0) is 13.2. The molecule has 0 fully saturated rings. The van der Waals surface area contributed by atoms with E-state index in [0.717, 1.165) is 41.2 Å². The van der Waals surface area contributed by atoms with Crippen LogP contribution in [0.1, 0.15) is 25.6 Å². The predicted molar refractivity (Wildman–Crippen MR) is 76.9 cm³/mol. The van der Waals surface area contributed by atoms with Crippen LogP contribution in [0.4, 0.5) is 0 Å². The van der Waals surface area contributed by atoms with Crippen LogP contribution in [0.25, 0.3) is 22.6 Å². The number of nitrogens with zero attached hydrogens (tertiary/aromatic N) is 3. The molecule has 1 N–H and O–H groups in total. The predicted octanol–water partition coefficient (Wildman–Crippen LogP) is 3.31. The monoisotopic (exact) mass is 254 g/mol. The largest absolute Gasteiger partial charge is 0.339 e. The van der Waals surface area contributed by atoms with Crippen molar-refractivity contribution in [2.75, 3.05) is 0 Å². The Morgan fingerprint density at radius 3 is 2.89 bits per heavy atom. The van der Waals surface area contributed by atoms with Crippen molar-refractivity contribution in [3.05, 3.63) is 36.3 Å². The summed E-state index contributed by atoms with van der Waals surface area (Å²) in [6.07, 6.45) is 5.23. The van der Waals surface area contributed by atoms with Gasteiger partial charge in [-0.15, -0.1) is 0 Å². The first-order valence-electron chi connectivity index (χ1n) is 6.75. The first-order valence-corrected chi connectivity index (χ1v) is 6.75. The zero-order valence-electron chi connectivity index (χ0n) is 11.3. The topological polar surface area (TPSA) is 46.5 Å². The Hall–Kier alpha value is -2.10. The van der Waals surface area contributed by atoms with E-state index in [0.29, 0.717) is 0 Å². The molecule has 0 aliphatic carbocycles. The lowest BCUT2D eigenvalue weighted by Crippen LogP contribution is -1.93. The summed E-state index contributed by atoms with van der Waals surface area (Å²) < 4.78 is 2.10.